The van der Waals surface area contributed by atoms with E-state index in [-0.39, 0.29) is 0 Å². The predicted octanol–water partition coefficient (Wildman–Crippen LogP) is 10.5. The van der Waals surface area contributed by atoms with Crippen LogP contribution in [-0.2, 0) is 24.0 Å². The van der Waals surface area contributed by atoms with Crippen molar-refractivity contribution in [2.45, 2.75) is 186 Å². The molecule has 0 rings (SSSR count). The summed E-state index contributed by atoms with van der Waals surface area (Å²) >= 11 is 0. The van der Waals surface area contributed by atoms with E-state index >= 15 is 0 Å². The maximum Gasteiger partial charge on any atom is 0.336 e. The molecule has 0 aliphatic carbocycles. The number of rotatable bonds is 33. The van der Waals surface area contributed by atoms with E-state index in [1.54, 1.807) is 0 Å². The fourth-order valence-corrected chi connectivity index (χ4v) is 4.89. The largest absolute Gasteiger partial charge is 0.481 e. The number of aliphatic carboxylic acids is 5. The van der Waals surface area contributed by atoms with Crippen molar-refractivity contribution in [2.75, 3.05) is 0 Å². The van der Waals surface area contributed by atoms with Gasteiger partial charge in [0.2, 0.25) is 0 Å². The molecule has 0 aromatic rings. The average molecular weight is 753 g/mol. The highest BCUT2D eigenvalue weighted by atomic mass is 16.4. The van der Waals surface area contributed by atoms with E-state index in [1.807, 2.05) is 0 Å². The molecule has 0 bridgehead atoms. The third-order valence-corrected chi connectivity index (χ3v) is 7.97. The first-order chi connectivity index (χ1) is 25.3. The van der Waals surface area contributed by atoms with Crippen molar-refractivity contribution in [1.29, 1.82) is 0 Å². The summed E-state index contributed by atoms with van der Waals surface area (Å²) < 4.78 is 0. The highest BCUT2D eigenvalue weighted by Gasteiger charge is 2.40. The van der Waals surface area contributed by atoms with Crippen LogP contribution < -0.4 is 0 Å². The molecule has 0 aliphatic heterocycles. The summed E-state index contributed by atoms with van der Waals surface area (Å²) in [4.78, 5) is 51.1. The molecule has 0 saturated carbocycles. The predicted molar refractivity (Wildman–Crippen MR) is 211 cm³/mol. The number of hydrogen-bond donors (Lipinski definition) is 6. The normalized spacial score (nSPS) is 11.5. The van der Waals surface area contributed by atoms with Crippen molar-refractivity contribution in [3.05, 3.63) is 48.6 Å². The minimum atomic E-state index is -2.74. The lowest BCUT2D eigenvalue weighted by Gasteiger charge is -2.18. The third-order valence-electron chi connectivity index (χ3n) is 7.97. The molecule has 306 valence electrons. The quantitative estimate of drug-likeness (QED) is 0.0274. The highest BCUT2D eigenvalue weighted by Crippen LogP contribution is 2.16. The topological polar surface area (TPSA) is 207 Å². The Morgan fingerprint density at radius 2 is 0.679 bits per heavy atom. The van der Waals surface area contributed by atoms with Crippen LogP contribution in [0.4, 0.5) is 0 Å². The van der Waals surface area contributed by atoms with Crippen molar-refractivity contribution in [3.8, 4) is 0 Å². The Kier molecular flexibility index (Phi) is 41.5. The minimum absolute atomic E-state index is 0.324. The molecular formula is C42H72O11. The van der Waals surface area contributed by atoms with Gasteiger partial charge in [-0.15, -0.1) is 0 Å². The van der Waals surface area contributed by atoms with Gasteiger partial charge >= 0.3 is 29.8 Å². The fraction of sp³-hybridized carbons (Fsp3) is 0.690. The maximum atomic E-state index is 10.3. The molecule has 0 radical (unpaired) electrons. The number of carboxylic acids is 5. The maximum absolute atomic E-state index is 10.3. The van der Waals surface area contributed by atoms with Crippen LogP contribution in [0, 0.1) is 0 Å². The Morgan fingerprint density at radius 1 is 0.396 bits per heavy atom. The number of hydrogen-bond acceptors (Lipinski definition) is 6. The van der Waals surface area contributed by atoms with Crippen LogP contribution in [0.2, 0.25) is 0 Å². The van der Waals surface area contributed by atoms with Crippen molar-refractivity contribution >= 4 is 29.8 Å². The van der Waals surface area contributed by atoms with Crippen LogP contribution in [0.25, 0.3) is 0 Å². The molecule has 53 heavy (non-hydrogen) atoms. The van der Waals surface area contributed by atoms with Gasteiger partial charge in [-0.05, 0) is 77.0 Å². The Labute approximate surface area is 319 Å². The molecule has 11 nitrogen and oxygen atoms in total. The minimum Gasteiger partial charge on any atom is -0.481 e. The van der Waals surface area contributed by atoms with Crippen molar-refractivity contribution in [1.82, 2.24) is 0 Å². The second-order valence-electron chi connectivity index (χ2n) is 13.2. The molecule has 0 aliphatic rings. The van der Waals surface area contributed by atoms with Gasteiger partial charge in [-0.2, -0.15) is 0 Å². The first kappa shape index (κ1) is 53.6. The first-order valence-electron chi connectivity index (χ1n) is 19.7. The van der Waals surface area contributed by atoms with Crippen LogP contribution in [0.5, 0.6) is 0 Å². The highest BCUT2D eigenvalue weighted by molar-refractivity contribution is 5.88. The molecule has 11 heteroatoms. The Hall–Kier alpha value is -3.73. The first-order valence-corrected chi connectivity index (χ1v) is 19.7. The molecule has 0 atom stereocenters. The van der Waals surface area contributed by atoms with Gasteiger partial charge in [0.25, 0.3) is 0 Å². The van der Waals surface area contributed by atoms with Crippen LogP contribution in [0.1, 0.15) is 181 Å². The second kappa shape index (κ2) is 41.0. The number of allylic oxidation sites excluding steroid dienone is 8. The van der Waals surface area contributed by atoms with E-state index in [2.05, 4.69) is 62.5 Å². The summed E-state index contributed by atoms with van der Waals surface area (Å²) in [6.07, 6.45) is 42.3. The Bertz CT molecular complexity index is 972. The zero-order valence-electron chi connectivity index (χ0n) is 32.7. The van der Waals surface area contributed by atoms with Crippen LogP contribution in [0.3, 0.4) is 0 Å². The van der Waals surface area contributed by atoms with Gasteiger partial charge in [0.15, 0.2) is 5.60 Å². The lowest BCUT2D eigenvalue weighted by atomic mass is 9.96. The van der Waals surface area contributed by atoms with Crippen molar-refractivity contribution in [3.63, 3.8) is 0 Å². The standard InChI is InChI=1S/2C18H32O2.C6H8O7/c2*1-2-3-4-5-6-7-8-9-10-11-12-13-14-15-16-17-18(19)20;7-3(8)1-6(13,5(11)12)2-4(9)10/h2*6-7,9-10H,2-5,8,11-17H2,1H3,(H,19,20);13H,1-2H2,(H,7,8)(H,9,10)(H,11,12)/b2*7-6-,10-9-;. The van der Waals surface area contributed by atoms with E-state index in [0.29, 0.717) is 12.8 Å². The molecule has 0 fully saturated rings. The zero-order chi connectivity index (χ0) is 40.4. The molecule has 0 aromatic carbocycles. The fourth-order valence-electron chi connectivity index (χ4n) is 4.89. The van der Waals surface area contributed by atoms with Gasteiger partial charge in [0.1, 0.15) is 0 Å². The Balaban J connectivity index is -0.000000726. The Morgan fingerprint density at radius 3 is 0.943 bits per heavy atom. The van der Waals surface area contributed by atoms with Crippen molar-refractivity contribution in [2.24, 2.45) is 0 Å². The molecule has 0 heterocycles. The van der Waals surface area contributed by atoms with Gasteiger partial charge in [-0.1, -0.05) is 127 Å². The summed E-state index contributed by atoms with van der Waals surface area (Å²) in [5.74, 6) is -6.36. The zero-order valence-corrected chi connectivity index (χ0v) is 32.7. The van der Waals surface area contributed by atoms with Crippen molar-refractivity contribution < 1.29 is 54.6 Å². The van der Waals surface area contributed by atoms with E-state index in [1.165, 1.54) is 89.9 Å². The van der Waals surface area contributed by atoms with Crippen LogP contribution in [-0.4, -0.2) is 66.1 Å². The summed E-state index contributed by atoms with van der Waals surface area (Å²) in [6.45, 7) is 4.47. The van der Waals surface area contributed by atoms with E-state index in [4.69, 9.17) is 30.6 Å². The number of carboxylic acid groups (broad SMARTS) is 5. The molecule has 0 unspecified atom stereocenters. The summed E-state index contributed by atoms with van der Waals surface area (Å²) in [5.41, 5.74) is -2.74. The van der Waals surface area contributed by atoms with Gasteiger partial charge in [-0.3, -0.25) is 19.2 Å². The number of unbranched alkanes of at least 4 members (excludes halogenated alkanes) is 16. The smallest absolute Gasteiger partial charge is 0.336 e. The van der Waals surface area contributed by atoms with E-state index in [0.717, 1.165) is 51.4 Å². The van der Waals surface area contributed by atoms with E-state index in [9.17, 15) is 24.0 Å². The molecular weight excluding hydrogens is 680 g/mol. The molecule has 0 spiro atoms. The number of carbonyl (C=O) groups is 5. The summed E-state index contributed by atoms with van der Waals surface area (Å²) in [6, 6.07) is 0. The van der Waals surface area contributed by atoms with Gasteiger partial charge in [-0.25, -0.2) is 4.79 Å². The lowest BCUT2D eigenvalue weighted by Crippen LogP contribution is -2.42. The summed E-state index contributed by atoms with van der Waals surface area (Å²) in [5, 5.41) is 50.8. The van der Waals surface area contributed by atoms with Gasteiger partial charge < -0.3 is 30.6 Å². The number of aliphatic hydroxyl groups is 1. The average Bonchev–Trinajstić information content (AvgIpc) is 3.08. The SMILES string of the molecule is CCCCC/C=C\C/C=C\CCCCCCCC(=O)O.CCCCC/C=C\C/C=C\CCCCCCCC(=O)O.O=C(O)CC(O)(CC(=O)O)C(=O)O. The molecule has 0 aromatic heterocycles. The third kappa shape index (κ3) is 48.3. The molecule has 0 saturated heterocycles. The molecule has 6 N–H and O–H groups in total. The second-order valence-corrected chi connectivity index (χ2v) is 13.2. The molecule has 0 amide bonds. The van der Waals surface area contributed by atoms with Crippen LogP contribution >= 0.6 is 0 Å². The lowest BCUT2D eigenvalue weighted by molar-refractivity contribution is -0.170. The van der Waals surface area contributed by atoms with E-state index < -0.39 is 48.3 Å². The summed E-state index contributed by atoms with van der Waals surface area (Å²) in [7, 11) is 0. The van der Waals surface area contributed by atoms with Gasteiger partial charge in [0.05, 0.1) is 12.8 Å². The van der Waals surface area contributed by atoms with Gasteiger partial charge in [0, 0.05) is 12.8 Å². The van der Waals surface area contributed by atoms with Crippen LogP contribution in [0.15, 0.2) is 48.6 Å². The monoisotopic (exact) mass is 753 g/mol.